The predicted molar refractivity (Wildman–Crippen MR) is 224 cm³/mol. The number of nitrogens with zero attached hydrogens (tertiary/aromatic N) is 1. The molecule has 14 N–H and O–H groups in total. The highest BCUT2D eigenvalue weighted by Crippen LogP contribution is 2.20. The van der Waals surface area contributed by atoms with Gasteiger partial charge >= 0.3 is 5.97 Å². The minimum atomic E-state index is -1.28. The average Bonchev–Trinajstić information content (AvgIpc) is 3.88. The Morgan fingerprint density at radius 1 is 0.750 bits per heavy atom. The number of carboxylic acids is 1. The Morgan fingerprint density at radius 3 is 2.03 bits per heavy atom. The molecule has 322 valence electrons. The smallest absolute Gasteiger partial charge is 0.326 e. The van der Waals surface area contributed by atoms with Crippen molar-refractivity contribution in [1.82, 2.24) is 46.9 Å². The third-order valence-electron chi connectivity index (χ3n) is 9.66. The lowest BCUT2D eigenvalue weighted by atomic mass is 10.0. The number of guanidine groups is 1. The molecular formula is C41H56N12O7. The van der Waals surface area contributed by atoms with E-state index in [1.54, 1.807) is 12.4 Å². The normalized spacial score (nSPS) is 14.2. The predicted octanol–water partition coefficient (Wildman–Crippen LogP) is 0.0841. The molecular weight excluding hydrogens is 773 g/mol. The summed E-state index contributed by atoms with van der Waals surface area (Å²) in [6.45, 7) is 5.28. The molecule has 4 aromatic rings. The van der Waals surface area contributed by atoms with Crippen molar-refractivity contribution in [2.24, 2.45) is 17.4 Å². The van der Waals surface area contributed by atoms with E-state index in [0.717, 1.165) is 22.0 Å². The van der Waals surface area contributed by atoms with Crippen molar-refractivity contribution in [2.75, 3.05) is 6.54 Å². The number of aliphatic carboxylic acids is 1. The number of carbonyl (C=O) groups excluding carboxylic acids is 5. The van der Waals surface area contributed by atoms with Crippen molar-refractivity contribution >= 4 is 52.4 Å². The van der Waals surface area contributed by atoms with E-state index in [0.29, 0.717) is 5.69 Å². The maximum Gasteiger partial charge on any atom is 0.326 e. The first kappa shape index (κ1) is 45.9. The van der Waals surface area contributed by atoms with Gasteiger partial charge in [0.25, 0.3) is 0 Å². The molecule has 0 spiro atoms. The van der Waals surface area contributed by atoms with E-state index >= 15 is 0 Å². The Morgan fingerprint density at radius 2 is 1.37 bits per heavy atom. The first-order valence-corrected chi connectivity index (χ1v) is 19.8. The van der Waals surface area contributed by atoms with Gasteiger partial charge in [-0.25, -0.2) is 9.78 Å². The van der Waals surface area contributed by atoms with E-state index in [1.165, 1.54) is 13.3 Å². The number of imidazole rings is 1. The van der Waals surface area contributed by atoms with Gasteiger partial charge in [-0.3, -0.25) is 29.4 Å². The molecule has 60 heavy (non-hydrogen) atoms. The van der Waals surface area contributed by atoms with Crippen LogP contribution in [0.2, 0.25) is 0 Å². The SMILES string of the molecule is CC(C)C[C@H](NC(=O)[C@H](C)NC(=O)[C@H](Cc1c[nH]cn1)NC(=O)[C@H](Cc1c[nH]c2ccccc12)NC(=O)[C@@H](N)Cc1ccccc1)C(=O)N[C@@H](CCCNC(=N)N)C(=O)O. The zero-order valence-electron chi connectivity index (χ0n) is 33.9. The summed E-state index contributed by atoms with van der Waals surface area (Å²) in [6.07, 6.45) is 5.37. The van der Waals surface area contributed by atoms with Crippen LogP contribution in [0.15, 0.2) is 73.3 Å². The zero-order valence-corrected chi connectivity index (χ0v) is 33.9. The van der Waals surface area contributed by atoms with E-state index in [1.807, 2.05) is 68.4 Å². The van der Waals surface area contributed by atoms with Crippen LogP contribution in [0.3, 0.4) is 0 Å². The van der Waals surface area contributed by atoms with Crippen LogP contribution in [0.4, 0.5) is 0 Å². The molecule has 0 aliphatic rings. The van der Waals surface area contributed by atoms with Gasteiger partial charge in [0, 0.05) is 42.7 Å². The number of amides is 5. The number of nitrogens with two attached hydrogens (primary N) is 2. The van der Waals surface area contributed by atoms with Gasteiger partial charge < -0.3 is 58.4 Å². The number of aromatic amines is 2. The van der Waals surface area contributed by atoms with Gasteiger partial charge in [0.1, 0.15) is 30.2 Å². The van der Waals surface area contributed by atoms with Gasteiger partial charge in [-0.1, -0.05) is 62.4 Å². The van der Waals surface area contributed by atoms with Crippen molar-refractivity contribution in [2.45, 2.75) is 95.5 Å². The topological polar surface area (TPSA) is 315 Å². The lowest BCUT2D eigenvalue weighted by Gasteiger charge is -2.26. The minimum absolute atomic E-state index is 0.0338. The molecule has 0 unspecified atom stereocenters. The summed E-state index contributed by atoms with van der Waals surface area (Å²) in [5.41, 5.74) is 14.4. The van der Waals surface area contributed by atoms with Crippen LogP contribution < -0.4 is 43.4 Å². The summed E-state index contributed by atoms with van der Waals surface area (Å²) >= 11 is 0. The molecule has 19 nitrogen and oxygen atoms in total. The fourth-order valence-electron chi connectivity index (χ4n) is 6.50. The molecule has 0 bridgehead atoms. The van der Waals surface area contributed by atoms with Crippen LogP contribution in [-0.4, -0.2) is 104 Å². The Kier molecular flexibility index (Phi) is 17.2. The summed E-state index contributed by atoms with van der Waals surface area (Å²) in [7, 11) is 0. The number of nitrogens with one attached hydrogen (secondary N) is 9. The summed E-state index contributed by atoms with van der Waals surface area (Å²) in [5.74, 6) is -5.10. The molecule has 0 aliphatic heterocycles. The van der Waals surface area contributed by atoms with Gasteiger partial charge in [-0.15, -0.1) is 0 Å². The largest absolute Gasteiger partial charge is 0.480 e. The number of para-hydroxylation sites is 1. The fourth-order valence-corrected chi connectivity index (χ4v) is 6.50. The standard InChI is InChI=1S/C41H56N12O7/c1-23(2)16-32(38(57)50-31(40(59)60)14-9-15-46-41(43)44)51-35(54)24(3)49-37(56)34(19-27-21-45-22-48-27)53-39(58)33(18-26-20-47-30-13-8-7-12-28(26)30)52-36(55)29(42)17-25-10-5-4-6-11-25/h4-8,10-13,20-24,29,31-34,47H,9,14-19,42H2,1-3H3,(H,45,48)(H,49,56)(H,50,57)(H,51,54)(H,52,55)(H,53,58)(H,59,60)(H4,43,44,46)/t24-,29-,31-,32-,33-,34-/m0/s1. The quantitative estimate of drug-likeness (QED) is 0.0270. The van der Waals surface area contributed by atoms with Gasteiger partial charge in [0.2, 0.25) is 29.5 Å². The van der Waals surface area contributed by atoms with E-state index < -0.39 is 71.8 Å². The Bertz CT molecular complexity index is 2070. The van der Waals surface area contributed by atoms with Crippen LogP contribution >= 0.6 is 0 Å². The van der Waals surface area contributed by atoms with E-state index in [2.05, 4.69) is 46.9 Å². The molecule has 0 aliphatic carbocycles. The van der Waals surface area contributed by atoms with Crippen molar-refractivity contribution in [3.8, 4) is 0 Å². The minimum Gasteiger partial charge on any atom is -0.480 e. The van der Waals surface area contributed by atoms with Crippen molar-refractivity contribution < 1.29 is 33.9 Å². The van der Waals surface area contributed by atoms with Crippen LogP contribution in [0, 0.1) is 11.3 Å². The van der Waals surface area contributed by atoms with E-state index in [-0.39, 0.29) is 56.9 Å². The highest BCUT2D eigenvalue weighted by atomic mass is 16.4. The van der Waals surface area contributed by atoms with Gasteiger partial charge in [0.05, 0.1) is 18.1 Å². The number of aromatic nitrogens is 3. The van der Waals surface area contributed by atoms with Crippen molar-refractivity contribution in [1.29, 1.82) is 5.41 Å². The number of hydrogen-bond donors (Lipinski definition) is 12. The number of benzene rings is 2. The number of fused-ring (bicyclic) bond motifs is 1. The van der Waals surface area contributed by atoms with Crippen molar-refractivity contribution in [3.05, 3.63) is 90.1 Å². The number of carbonyl (C=O) groups is 6. The summed E-state index contributed by atoms with van der Waals surface area (Å²) < 4.78 is 0. The van der Waals surface area contributed by atoms with Crippen LogP contribution in [0.1, 0.15) is 56.9 Å². The van der Waals surface area contributed by atoms with Crippen LogP contribution in [-0.2, 0) is 48.0 Å². The summed E-state index contributed by atoms with van der Waals surface area (Å²) in [6, 6.07) is 9.62. The second-order valence-electron chi connectivity index (χ2n) is 15.0. The van der Waals surface area contributed by atoms with Crippen LogP contribution in [0.25, 0.3) is 10.9 Å². The fraction of sp³-hybridized carbons (Fsp3) is 0.415. The second-order valence-corrected chi connectivity index (χ2v) is 15.0. The molecule has 0 radical (unpaired) electrons. The Labute approximate surface area is 347 Å². The molecule has 2 aromatic heterocycles. The molecule has 0 fully saturated rings. The molecule has 2 aromatic carbocycles. The average molecular weight is 829 g/mol. The highest BCUT2D eigenvalue weighted by Gasteiger charge is 2.33. The first-order chi connectivity index (χ1) is 28.6. The second kappa shape index (κ2) is 22.4. The van der Waals surface area contributed by atoms with E-state index in [9.17, 15) is 33.9 Å². The van der Waals surface area contributed by atoms with Gasteiger partial charge in [0.15, 0.2) is 5.96 Å². The Balaban J connectivity index is 1.49. The third-order valence-corrected chi connectivity index (χ3v) is 9.66. The number of hydrogen-bond acceptors (Lipinski definition) is 9. The molecule has 2 heterocycles. The lowest BCUT2D eigenvalue weighted by molar-refractivity contribution is -0.142. The molecule has 0 saturated carbocycles. The van der Waals surface area contributed by atoms with E-state index in [4.69, 9.17) is 16.9 Å². The molecule has 4 rings (SSSR count). The zero-order chi connectivity index (χ0) is 43.8. The number of carboxylic acid groups (broad SMARTS) is 1. The first-order valence-electron chi connectivity index (χ1n) is 19.8. The lowest BCUT2D eigenvalue weighted by Crippen LogP contribution is -2.59. The monoisotopic (exact) mass is 828 g/mol. The van der Waals surface area contributed by atoms with Gasteiger partial charge in [-0.2, -0.15) is 0 Å². The highest BCUT2D eigenvalue weighted by molar-refractivity contribution is 5.97. The van der Waals surface area contributed by atoms with Crippen molar-refractivity contribution in [3.63, 3.8) is 0 Å². The Hall–Kier alpha value is -6.76. The molecule has 19 heteroatoms. The number of H-pyrrole nitrogens is 2. The molecule has 0 saturated heterocycles. The molecule has 6 atom stereocenters. The van der Waals surface area contributed by atoms with Gasteiger partial charge in [-0.05, 0) is 55.7 Å². The third kappa shape index (κ3) is 14.3. The summed E-state index contributed by atoms with van der Waals surface area (Å²) in [5, 5.41) is 33.7. The maximum absolute atomic E-state index is 14.2. The van der Waals surface area contributed by atoms with Crippen LogP contribution in [0.5, 0.6) is 0 Å². The number of rotatable bonds is 23. The molecule has 5 amide bonds. The summed E-state index contributed by atoms with van der Waals surface area (Å²) in [4.78, 5) is 90.6. The maximum atomic E-state index is 14.2.